The van der Waals surface area contributed by atoms with Gasteiger partial charge in [-0.15, -0.1) is 0 Å². The number of H-pyrrole nitrogens is 1. The number of thioether (sulfide) groups is 1. The summed E-state index contributed by atoms with van der Waals surface area (Å²) < 4.78 is 4.48. The lowest BCUT2D eigenvalue weighted by Gasteiger charge is -2.04. The molecule has 0 aliphatic carbocycles. The number of aromatic amines is 1. The van der Waals surface area contributed by atoms with E-state index in [1.165, 1.54) is 20.2 Å². The zero-order valence-corrected chi connectivity index (χ0v) is 12.2. The molecule has 0 aliphatic heterocycles. The first-order chi connectivity index (χ1) is 9.94. The fraction of sp³-hybridized carbons (Fsp3) is 0.364. The molecule has 1 heterocycles. The Morgan fingerprint density at radius 1 is 1.43 bits per heavy atom. The highest BCUT2D eigenvalue weighted by atomic mass is 32.2. The SMILES string of the molecule is CNC(=O)NC(=O)CSc1nc(CC(=O)OC)cc(=O)[nH]1. The lowest BCUT2D eigenvalue weighted by molar-refractivity contribution is -0.139. The van der Waals surface area contributed by atoms with Crippen molar-refractivity contribution in [1.29, 1.82) is 0 Å². The van der Waals surface area contributed by atoms with Crippen LogP contribution in [0.2, 0.25) is 0 Å². The summed E-state index contributed by atoms with van der Waals surface area (Å²) in [5, 5.41) is 4.48. The first kappa shape index (κ1) is 16.7. The van der Waals surface area contributed by atoms with Crippen molar-refractivity contribution in [2.24, 2.45) is 0 Å². The molecule has 3 amide bonds. The van der Waals surface area contributed by atoms with E-state index in [0.717, 1.165) is 11.8 Å². The highest BCUT2D eigenvalue weighted by molar-refractivity contribution is 7.99. The molecule has 1 aromatic heterocycles. The molecule has 1 aromatic rings. The normalized spacial score (nSPS) is 9.81. The Balaban J connectivity index is 2.67. The van der Waals surface area contributed by atoms with Crippen LogP contribution in [-0.4, -0.2) is 47.8 Å². The standard InChI is InChI=1S/C11H14N4O5S/c1-12-10(19)14-8(17)5-21-11-13-6(3-7(16)15-11)4-9(18)20-2/h3H,4-5H2,1-2H3,(H,13,15,16)(H2,12,14,17,19). The van der Waals surface area contributed by atoms with Crippen LogP contribution in [0.4, 0.5) is 4.79 Å². The predicted octanol–water partition coefficient (Wildman–Crippen LogP) is -0.967. The lowest BCUT2D eigenvalue weighted by Crippen LogP contribution is -2.38. The van der Waals surface area contributed by atoms with Gasteiger partial charge in [0.05, 0.1) is 25.0 Å². The molecule has 0 spiro atoms. The second kappa shape index (κ2) is 8.04. The third-order valence-electron chi connectivity index (χ3n) is 2.15. The average molecular weight is 314 g/mol. The van der Waals surface area contributed by atoms with Crippen molar-refractivity contribution >= 4 is 29.7 Å². The minimum atomic E-state index is -0.624. The molecule has 0 fully saturated rings. The number of imide groups is 1. The molecule has 0 saturated carbocycles. The summed E-state index contributed by atoms with van der Waals surface area (Å²) in [6, 6.07) is 0.549. The molecule has 0 atom stereocenters. The molecular formula is C11H14N4O5S. The number of urea groups is 1. The molecule has 0 unspecified atom stereocenters. The van der Waals surface area contributed by atoms with Gasteiger partial charge < -0.3 is 15.0 Å². The summed E-state index contributed by atoms with van der Waals surface area (Å²) in [7, 11) is 2.61. The van der Waals surface area contributed by atoms with Gasteiger partial charge in [0.15, 0.2) is 5.16 Å². The number of esters is 1. The first-order valence-corrected chi connectivity index (χ1v) is 6.74. The van der Waals surface area contributed by atoms with Gasteiger partial charge in [-0.25, -0.2) is 9.78 Å². The third kappa shape index (κ3) is 6.08. The van der Waals surface area contributed by atoms with Crippen LogP contribution in [0.3, 0.4) is 0 Å². The number of carbonyl (C=O) groups is 3. The summed E-state index contributed by atoms with van der Waals surface area (Å²) in [5.41, 5.74) is -0.210. The van der Waals surface area contributed by atoms with Gasteiger partial charge in [0.2, 0.25) is 5.91 Å². The number of methoxy groups -OCH3 is 1. The van der Waals surface area contributed by atoms with Crippen LogP contribution in [0.15, 0.2) is 16.0 Å². The molecule has 0 saturated heterocycles. The summed E-state index contributed by atoms with van der Waals surface area (Å²) >= 11 is 0.933. The van der Waals surface area contributed by atoms with Crippen LogP contribution >= 0.6 is 11.8 Å². The van der Waals surface area contributed by atoms with E-state index in [2.05, 4.69) is 25.3 Å². The van der Waals surface area contributed by atoms with E-state index in [4.69, 9.17) is 0 Å². The van der Waals surface area contributed by atoms with Gasteiger partial charge in [-0.3, -0.25) is 19.7 Å². The molecule has 0 aromatic carbocycles. The second-order valence-electron chi connectivity index (χ2n) is 3.71. The maximum atomic E-state index is 11.4. The quantitative estimate of drug-likeness (QED) is 0.362. The summed E-state index contributed by atoms with van der Waals surface area (Å²) in [6.45, 7) is 0. The van der Waals surface area contributed by atoms with Crippen LogP contribution in [0.1, 0.15) is 5.69 Å². The van der Waals surface area contributed by atoms with E-state index in [9.17, 15) is 19.2 Å². The van der Waals surface area contributed by atoms with E-state index >= 15 is 0 Å². The summed E-state index contributed by atoms with van der Waals surface area (Å²) in [6.07, 6.45) is -0.140. The molecular weight excluding hydrogens is 300 g/mol. The maximum absolute atomic E-state index is 11.4. The fourth-order valence-electron chi connectivity index (χ4n) is 1.22. The molecule has 0 bridgehead atoms. The zero-order valence-electron chi connectivity index (χ0n) is 11.4. The molecule has 1 rings (SSSR count). The van der Waals surface area contributed by atoms with Crippen molar-refractivity contribution < 1.29 is 19.1 Å². The predicted molar refractivity (Wildman–Crippen MR) is 73.9 cm³/mol. The van der Waals surface area contributed by atoms with E-state index < -0.39 is 23.5 Å². The minimum absolute atomic E-state index is 0.113. The zero-order chi connectivity index (χ0) is 15.8. The number of ether oxygens (including phenoxy) is 1. The highest BCUT2D eigenvalue weighted by Crippen LogP contribution is 2.11. The van der Waals surface area contributed by atoms with Crippen molar-refractivity contribution in [3.63, 3.8) is 0 Å². The van der Waals surface area contributed by atoms with Gasteiger partial charge in [0.1, 0.15) is 0 Å². The maximum Gasteiger partial charge on any atom is 0.321 e. The summed E-state index contributed by atoms with van der Waals surface area (Å²) in [4.78, 5) is 51.3. The number of hydrogen-bond donors (Lipinski definition) is 3. The largest absolute Gasteiger partial charge is 0.469 e. The van der Waals surface area contributed by atoms with Gasteiger partial charge >= 0.3 is 12.0 Å². The second-order valence-corrected chi connectivity index (χ2v) is 4.67. The van der Waals surface area contributed by atoms with Crippen LogP contribution in [0, 0.1) is 0 Å². The van der Waals surface area contributed by atoms with E-state index in [1.54, 1.807) is 0 Å². The molecule has 0 aliphatic rings. The van der Waals surface area contributed by atoms with Gasteiger partial charge in [-0.05, 0) is 0 Å². The Labute approximate surface area is 123 Å². The summed E-state index contributed by atoms with van der Waals surface area (Å²) in [5.74, 6) is -1.18. The van der Waals surface area contributed by atoms with Crippen LogP contribution in [0.5, 0.6) is 0 Å². The Hall–Kier alpha value is -2.36. The van der Waals surface area contributed by atoms with Crippen LogP contribution in [0.25, 0.3) is 0 Å². The fourth-order valence-corrected chi connectivity index (χ4v) is 1.92. The number of nitrogens with zero attached hydrogens (tertiary/aromatic N) is 1. The Kier molecular flexibility index (Phi) is 6.40. The van der Waals surface area contributed by atoms with Gasteiger partial charge in [0.25, 0.3) is 5.56 Å². The smallest absolute Gasteiger partial charge is 0.321 e. The minimum Gasteiger partial charge on any atom is -0.469 e. The van der Waals surface area contributed by atoms with Crippen molar-refractivity contribution in [1.82, 2.24) is 20.6 Å². The molecule has 21 heavy (non-hydrogen) atoms. The molecule has 10 heteroatoms. The highest BCUT2D eigenvalue weighted by Gasteiger charge is 2.10. The molecule has 3 N–H and O–H groups in total. The first-order valence-electron chi connectivity index (χ1n) is 5.76. The van der Waals surface area contributed by atoms with Gasteiger partial charge in [0, 0.05) is 13.1 Å². The Morgan fingerprint density at radius 2 is 2.14 bits per heavy atom. The van der Waals surface area contributed by atoms with Gasteiger partial charge in [-0.1, -0.05) is 11.8 Å². The average Bonchev–Trinajstić information content (AvgIpc) is 2.44. The molecule has 9 nitrogen and oxygen atoms in total. The van der Waals surface area contributed by atoms with E-state index in [0.29, 0.717) is 0 Å². The van der Waals surface area contributed by atoms with Crippen molar-refractivity contribution in [3.05, 3.63) is 22.1 Å². The van der Waals surface area contributed by atoms with Crippen LogP contribution < -0.4 is 16.2 Å². The number of carbonyl (C=O) groups excluding carboxylic acids is 3. The third-order valence-corrected chi connectivity index (χ3v) is 3.02. The lowest BCUT2D eigenvalue weighted by atomic mass is 10.3. The molecule has 0 radical (unpaired) electrons. The van der Waals surface area contributed by atoms with Crippen LogP contribution in [-0.2, 0) is 20.7 Å². The van der Waals surface area contributed by atoms with Crippen molar-refractivity contribution in [2.45, 2.75) is 11.6 Å². The number of hydrogen-bond acceptors (Lipinski definition) is 7. The van der Waals surface area contributed by atoms with E-state index in [1.807, 2.05) is 0 Å². The van der Waals surface area contributed by atoms with Crippen molar-refractivity contribution in [2.75, 3.05) is 19.9 Å². The number of amides is 3. The number of aromatic nitrogens is 2. The van der Waals surface area contributed by atoms with Crippen molar-refractivity contribution in [3.8, 4) is 0 Å². The number of nitrogens with one attached hydrogen (secondary N) is 3. The van der Waals surface area contributed by atoms with E-state index in [-0.39, 0.29) is 23.0 Å². The topological polar surface area (TPSA) is 130 Å². The Bertz CT molecular complexity index is 601. The van der Waals surface area contributed by atoms with Gasteiger partial charge in [-0.2, -0.15) is 0 Å². The Morgan fingerprint density at radius 3 is 2.76 bits per heavy atom. The monoisotopic (exact) mass is 314 g/mol. The number of rotatable bonds is 5. The molecule has 114 valence electrons.